The van der Waals surface area contributed by atoms with Gasteiger partial charge in [0.25, 0.3) is 0 Å². The van der Waals surface area contributed by atoms with Gasteiger partial charge in [-0.3, -0.25) is 5.32 Å². The van der Waals surface area contributed by atoms with E-state index in [4.69, 9.17) is 5.73 Å². The number of rotatable bonds is 3. The molecule has 0 saturated heterocycles. The quantitative estimate of drug-likeness (QED) is 0.716. The Morgan fingerprint density at radius 3 is 2.93 bits per heavy atom. The van der Waals surface area contributed by atoms with Crippen molar-refractivity contribution in [3.63, 3.8) is 0 Å². The Labute approximate surface area is 87.5 Å². The molecule has 4 N–H and O–H groups in total. The molecule has 0 aliphatic rings. The van der Waals surface area contributed by atoms with Crippen LogP contribution in [0.25, 0.3) is 0 Å². The van der Waals surface area contributed by atoms with Crippen LogP contribution >= 0.6 is 11.3 Å². The van der Waals surface area contributed by atoms with E-state index in [0.29, 0.717) is 6.54 Å². The van der Waals surface area contributed by atoms with Crippen molar-refractivity contribution < 1.29 is 4.79 Å². The fourth-order valence-corrected chi connectivity index (χ4v) is 1.83. The molecule has 2 amide bonds. The van der Waals surface area contributed by atoms with Gasteiger partial charge >= 0.3 is 6.03 Å². The van der Waals surface area contributed by atoms with Crippen LogP contribution in [0.4, 0.5) is 9.80 Å². The number of carbonyl (C=O) groups excluding carboxylic acids is 1. The zero-order chi connectivity index (χ0) is 10.6. The van der Waals surface area contributed by atoms with Gasteiger partial charge in [-0.05, 0) is 25.3 Å². The number of urea groups is 1. The van der Waals surface area contributed by atoms with Gasteiger partial charge in [0.05, 0.1) is 0 Å². The van der Waals surface area contributed by atoms with Gasteiger partial charge in [0, 0.05) is 18.2 Å². The minimum atomic E-state index is -0.183. The number of carbonyl (C=O) groups is 1. The van der Waals surface area contributed by atoms with Crippen LogP contribution in [0.15, 0.2) is 11.4 Å². The van der Waals surface area contributed by atoms with Crippen LogP contribution in [0.1, 0.15) is 19.4 Å². The molecule has 0 aliphatic carbocycles. The Morgan fingerprint density at radius 1 is 1.64 bits per heavy atom. The van der Waals surface area contributed by atoms with Crippen molar-refractivity contribution in [1.29, 1.82) is 0 Å². The number of amides is 2. The lowest BCUT2D eigenvalue weighted by atomic mass is 10.3. The van der Waals surface area contributed by atoms with Gasteiger partial charge in [-0.15, -0.1) is 11.3 Å². The van der Waals surface area contributed by atoms with Gasteiger partial charge in [-0.2, -0.15) is 0 Å². The molecule has 0 saturated carbocycles. The molecule has 14 heavy (non-hydrogen) atoms. The van der Waals surface area contributed by atoms with Gasteiger partial charge in [0.2, 0.25) is 0 Å². The summed E-state index contributed by atoms with van der Waals surface area (Å²) >= 11 is 1.48. The molecule has 0 unspecified atom stereocenters. The van der Waals surface area contributed by atoms with Crippen LogP contribution in [0, 0.1) is 0 Å². The van der Waals surface area contributed by atoms with Crippen LogP contribution in [0.2, 0.25) is 0 Å². The molecule has 0 fully saturated rings. The van der Waals surface area contributed by atoms with Crippen molar-refractivity contribution in [1.82, 2.24) is 5.32 Å². The smallest absolute Gasteiger partial charge is 0.320 e. The molecule has 5 heteroatoms. The van der Waals surface area contributed by atoms with Crippen LogP contribution in [0.5, 0.6) is 0 Å². The maximum Gasteiger partial charge on any atom is 0.320 e. The first-order valence-corrected chi connectivity index (χ1v) is 5.35. The summed E-state index contributed by atoms with van der Waals surface area (Å²) in [6, 6.07) is 1.86. The molecule has 0 radical (unpaired) electrons. The number of nitrogens with one attached hydrogen (secondary N) is 2. The summed E-state index contributed by atoms with van der Waals surface area (Å²) in [6.07, 6.45) is 0. The van der Waals surface area contributed by atoms with E-state index in [2.05, 4.69) is 10.6 Å². The third-order valence-electron chi connectivity index (χ3n) is 1.61. The first kappa shape index (κ1) is 11.0. The highest BCUT2D eigenvalue weighted by atomic mass is 32.1. The van der Waals surface area contributed by atoms with E-state index in [0.717, 1.165) is 10.6 Å². The molecule has 0 spiro atoms. The summed E-state index contributed by atoms with van der Waals surface area (Å²) in [5.74, 6) is 0. The standard InChI is InChI=1S/C9H15N3OS/c1-6(2)11-9(13)12-8-7(5-10)3-4-14-8/h3-4,6H,5,10H2,1-2H3,(H2,11,12,13). The summed E-state index contributed by atoms with van der Waals surface area (Å²) in [7, 11) is 0. The second kappa shape index (κ2) is 4.97. The number of anilines is 1. The summed E-state index contributed by atoms with van der Waals surface area (Å²) in [5.41, 5.74) is 6.47. The van der Waals surface area contributed by atoms with E-state index in [1.807, 2.05) is 25.3 Å². The van der Waals surface area contributed by atoms with E-state index in [1.165, 1.54) is 11.3 Å². The van der Waals surface area contributed by atoms with Crippen molar-refractivity contribution in [3.8, 4) is 0 Å². The third kappa shape index (κ3) is 3.01. The fraction of sp³-hybridized carbons (Fsp3) is 0.444. The van der Waals surface area contributed by atoms with Gasteiger partial charge in [-0.1, -0.05) is 0 Å². The first-order chi connectivity index (χ1) is 6.63. The maximum absolute atomic E-state index is 11.3. The molecular formula is C9H15N3OS. The molecule has 0 aromatic carbocycles. The Morgan fingerprint density at radius 2 is 2.36 bits per heavy atom. The molecule has 4 nitrogen and oxygen atoms in total. The van der Waals surface area contributed by atoms with Crippen LogP contribution in [-0.2, 0) is 6.54 Å². The van der Waals surface area contributed by atoms with E-state index in [-0.39, 0.29) is 12.1 Å². The topological polar surface area (TPSA) is 67.2 Å². The predicted molar refractivity (Wildman–Crippen MR) is 59.5 cm³/mol. The summed E-state index contributed by atoms with van der Waals surface area (Å²) in [5, 5.41) is 8.24. The van der Waals surface area contributed by atoms with Crippen molar-refractivity contribution in [2.24, 2.45) is 5.73 Å². The molecule has 0 atom stereocenters. The largest absolute Gasteiger partial charge is 0.336 e. The Bertz CT molecular complexity index is 309. The van der Waals surface area contributed by atoms with Crippen molar-refractivity contribution in [2.45, 2.75) is 26.4 Å². The fourth-order valence-electron chi connectivity index (χ4n) is 1.01. The summed E-state index contributed by atoms with van der Waals surface area (Å²) in [6.45, 7) is 4.27. The first-order valence-electron chi connectivity index (χ1n) is 4.47. The zero-order valence-electron chi connectivity index (χ0n) is 8.33. The lowest BCUT2D eigenvalue weighted by Gasteiger charge is -2.09. The second-order valence-electron chi connectivity index (χ2n) is 3.23. The van der Waals surface area contributed by atoms with Crippen molar-refractivity contribution in [3.05, 3.63) is 17.0 Å². The number of nitrogens with two attached hydrogens (primary N) is 1. The molecular weight excluding hydrogens is 198 g/mol. The van der Waals surface area contributed by atoms with E-state index in [1.54, 1.807) is 0 Å². The van der Waals surface area contributed by atoms with Crippen LogP contribution < -0.4 is 16.4 Å². The van der Waals surface area contributed by atoms with E-state index < -0.39 is 0 Å². The molecule has 0 bridgehead atoms. The van der Waals surface area contributed by atoms with E-state index in [9.17, 15) is 4.79 Å². The lowest BCUT2D eigenvalue weighted by molar-refractivity contribution is 0.250. The minimum absolute atomic E-state index is 0.135. The lowest BCUT2D eigenvalue weighted by Crippen LogP contribution is -2.34. The van der Waals surface area contributed by atoms with Crippen molar-refractivity contribution >= 4 is 22.4 Å². The zero-order valence-corrected chi connectivity index (χ0v) is 9.15. The van der Waals surface area contributed by atoms with Gasteiger partial charge in [0.1, 0.15) is 5.00 Å². The summed E-state index contributed by atoms with van der Waals surface area (Å²) in [4.78, 5) is 11.3. The number of hydrogen-bond acceptors (Lipinski definition) is 3. The molecule has 0 aliphatic heterocycles. The maximum atomic E-state index is 11.3. The molecule has 1 aromatic rings. The SMILES string of the molecule is CC(C)NC(=O)Nc1sccc1CN. The number of thiophene rings is 1. The second-order valence-corrected chi connectivity index (χ2v) is 4.15. The molecule has 78 valence electrons. The highest BCUT2D eigenvalue weighted by Gasteiger charge is 2.07. The predicted octanol–water partition coefficient (Wildman–Crippen LogP) is 1.74. The highest BCUT2D eigenvalue weighted by Crippen LogP contribution is 2.22. The summed E-state index contributed by atoms with van der Waals surface area (Å²) < 4.78 is 0. The molecule has 1 heterocycles. The molecule has 1 rings (SSSR count). The average molecular weight is 213 g/mol. The minimum Gasteiger partial charge on any atom is -0.336 e. The third-order valence-corrected chi connectivity index (χ3v) is 2.49. The molecule has 1 aromatic heterocycles. The Balaban J connectivity index is 2.55. The van der Waals surface area contributed by atoms with Gasteiger partial charge in [0.15, 0.2) is 0 Å². The Kier molecular flexibility index (Phi) is 3.91. The van der Waals surface area contributed by atoms with Crippen LogP contribution in [0.3, 0.4) is 0 Å². The van der Waals surface area contributed by atoms with Gasteiger partial charge in [-0.25, -0.2) is 4.79 Å². The number of hydrogen-bond donors (Lipinski definition) is 3. The monoisotopic (exact) mass is 213 g/mol. The van der Waals surface area contributed by atoms with Crippen molar-refractivity contribution in [2.75, 3.05) is 5.32 Å². The highest BCUT2D eigenvalue weighted by molar-refractivity contribution is 7.14. The van der Waals surface area contributed by atoms with E-state index >= 15 is 0 Å². The Hall–Kier alpha value is -1.07. The van der Waals surface area contributed by atoms with Gasteiger partial charge < -0.3 is 11.1 Å². The normalized spacial score (nSPS) is 10.3. The average Bonchev–Trinajstić information content (AvgIpc) is 2.50. The van der Waals surface area contributed by atoms with Crippen LogP contribution in [-0.4, -0.2) is 12.1 Å².